The summed E-state index contributed by atoms with van der Waals surface area (Å²) in [7, 11) is -1.78. The van der Waals surface area contributed by atoms with Gasteiger partial charge in [-0.2, -0.15) is 0 Å². The van der Waals surface area contributed by atoms with Crippen LogP contribution < -0.4 is 63.7 Å². The van der Waals surface area contributed by atoms with E-state index in [1.54, 1.807) is 0 Å². The van der Waals surface area contributed by atoms with Crippen molar-refractivity contribution in [3.05, 3.63) is 364 Å². The number of hydrogen-bond acceptors (Lipinski definition) is 0. The van der Waals surface area contributed by atoms with Crippen molar-refractivity contribution in [3.63, 3.8) is 0 Å². The topological polar surface area (TPSA) is 0 Å². The second-order valence-electron chi connectivity index (χ2n) is 17.4. The van der Waals surface area contributed by atoms with E-state index in [1.807, 2.05) is 0 Å². The molecule has 6 heteroatoms. The van der Waals surface area contributed by atoms with Crippen molar-refractivity contribution in [2.24, 2.45) is 0 Å². The third-order valence-corrected chi connectivity index (χ3v) is 21.9. The molecule has 0 amide bonds. The van der Waals surface area contributed by atoms with Crippen LogP contribution in [0.25, 0.3) is 0 Å². The molecule has 0 aliphatic heterocycles. The zero-order valence-electron chi connectivity index (χ0n) is 43.1. The molecule has 0 aliphatic carbocycles. The average Bonchev–Trinajstić information content (AvgIpc) is 3.51. The second-order valence-corrected chi connectivity index (χ2v) is 26.2. The Kier molecular flexibility index (Phi) is 25.9. The van der Waals surface area contributed by atoms with Crippen molar-refractivity contribution in [1.82, 2.24) is 0 Å². The van der Waals surface area contributed by atoms with Gasteiger partial charge in [-0.25, -0.2) is 0 Å². The Morgan fingerprint density at radius 1 is 0.115 bits per heavy atom. The third-order valence-electron chi connectivity index (χ3n) is 12.2. The first-order valence-corrected chi connectivity index (χ1v) is 31.0. The van der Waals surface area contributed by atoms with Crippen LogP contribution in [0.2, 0.25) is 0 Å². The van der Waals surface area contributed by atoms with E-state index in [4.69, 9.17) is 0 Å². The molecule has 0 bridgehead atoms. The molecule has 0 nitrogen and oxygen atoms in total. The maximum Gasteiger partial charge on any atom is 0 e. The summed E-state index contributed by atoms with van der Waals surface area (Å²) in [5, 5.41) is 16.8. The fraction of sp³-hybridized carbons (Fsp3) is 0. The minimum atomic E-state index is -0.446. The van der Waals surface area contributed by atoms with Gasteiger partial charge >= 0.3 is 0 Å². The zero-order chi connectivity index (χ0) is 51.7. The van der Waals surface area contributed by atoms with Crippen LogP contribution in [0, 0.1) is 37.7 Å². The first-order chi connectivity index (χ1) is 37.8. The van der Waals surface area contributed by atoms with E-state index in [0.717, 1.165) is 0 Å². The van der Waals surface area contributed by atoms with Crippen LogP contribution in [-0.2, 0) is 20.4 Å². The Bertz CT molecular complexity index is 2580. The minimum absolute atomic E-state index is 0. The van der Waals surface area contributed by atoms with Gasteiger partial charge in [0.25, 0.3) is 0 Å². The van der Waals surface area contributed by atoms with Gasteiger partial charge in [-0.15, -0.1) is 0 Å². The zero-order valence-corrected chi connectivity index (χ0v) is 48.9. The van der Waals surface area contributed by atoms with Gasteiger partial charge in [-0.1, -0.05) is 364 Å². The summed E-state index contributed by atoms with van der Waals surface area (Å²) < 4.78 is 0. The number of rotatable bonds is 12. The van der Waals surface area contributed by atoms with E-state index in [2.05, 4.69) is 364 Å². The van der Waals surface area contributed by atoms with Crippen molar-refractivity contribution in [2.75, 3.05) is 0 Å². The van der Waals surface area contributed by atoms with E-state index in [9.17, 15) is 0 Å². The summed E-state index contributed by atoms with van der Waals surface area (Å²) >= 11 is 0. The molecule has 0 saturated heterocycles. The fourth-order valence-electron chi connectivity index (χ4n) is 8.71. The second kappa shape index (κ2) is 33.7. The molecule has 0 atom stereocenters. The third kappa shape index (κ3) is 17.6. The standard InChI is InChI=1S/4C18H15P.Ar.Pd/c4*1-4-10-16(11-5-1)19(17-12-6-2-7-13-17)18-14-8-3-9-15-18;;/h4*1-15H;;. The van der Waals surface area contributed by atoms with Gasteiger partial charge in [0, 0.05) is 58.2 Å². The fourth-order valence-corrected chi connectivity index (χ4v) is 17.9. The quantitative estimate of drug-likeness (QED) is 0.0845. The molecule has 0 heterocycles. The van der Waals surface area contributed by atoms with Crippen LogP contribution in [0.4, 0.5) is 0 Å². The molecule has 0 saturated carbocycles. The first-order valence-electron chi connectivity index (χ1n) is 25.6. The van der Waals surface area contributed by atoms with Gasteiger partial charge in [0.1, 0.15) is 0 Å². The molecule has 0 fully saturated rings. The maximum atomic E-state index is 2.23. The summed E-state index contributed by atoms with van der Waals surface area (Å²) in [6, 6.07) is 129. The van der Waals surface area contributed by atoms with Gasteiger partial charge < -0.3 is 0 Å². The van der Waals surface area contributed by atoms with Gasteiger partial charge in [-0.05, 0) is 95.3 Å². The van der Waals surface area contributed by atoms with Crippen molar-refractivity contribution >= 4 is 95.3 Å². The van der Waals surface area contributed by atoms with E-state index in [0.29, 0.717) is 0 Å². The van der Waals surface area contributed by atoms with Crippen LogP contribution in [0.15, 0.2) is 364 Å². The van der Waals surface area contributed by atoms with E-state index in [1.165, 1.54) is 63.7 Å². The molecule has 12 rings (SSSR count). The Hall–Kier alpha value is -5.72. The smallest absolute Gasteiger partial charge is 0 e. The Morgan fingerprint density at radius 3 is 0.244 bits per heavy atom. The minimum Gasteiger partial charge on any atom is -0.0622 e. The monoisotopic (exact) mass is 1190 g/mol. The summed E-state index contributed by atoms with van der Waals surface area (Å²) in [6.45, 7) is 0. The Balaban J connectivity index is 0.000000149. The summed E-state index contributed by atoms with van der Waals surface area (Å²) in [6.07, 6.45) is 0. The van der Waals surface area contributed by atoms with Crippen molar-refractivity contribution in [2.45, 2.75) is 0 Å². The van der Waals surface area contributed by atoms with E-state index >= 15 is 0 Å². The van der Waals surface area contributed by atoms with Gasteiger partial charge in [0.05, 0.1) is 0 Å². The number of benzene rings is 12. The predicted molar refractivity (Wildman–Crippen MR) is 341 cm³/mol. The van der Waals surface area contributed by atoms with Crippen molar-refractivity contribution in [3.8, 4) is 0 Å². The van der Waals surface area contributed by atoms with E-state index in [-0.39, 0.29) is 58.2 Å². The molecule has 0 aliphatic rings. The molecule has 386 valence electrons. The first kappa shape index (κ1) is 59.9. The molecule has 0 N–H and O–H groups in total. The Labute approximate surface area is 512 Å². The maximum absolute atomic E-state index is 2.23. The largest absolute Gasteiger partial charge is 0.0622 e. The molecule has 12 aromatic carbocycles. The Morgan fingerprint density at radius 2 is 0.179 bits per heavy atom. The number of hydrogen-bond donors (Lipinski definition) is 0. The van der Waals surface area contributed by atoms with Crippen LogP contribution in [0.1, 0.15) is 0 Å². The molecular formula is C72H60ArP4Pd. The predicted octanol–water partition coefficient (Wildman–Crippen LogP) is 13.8. The normalized spacial score (nSPS) is 10.3. The summed E-state index contributed by atoms with van der Waals surface area (Å²) in [4.78, 5) is 0. The van der Waals surface area contributed by atoms with Gasteiger partial charge in [-0.3, -0.25) is 0 Å². The van der Waals surface area contributed by atoms with Crippen molar-refractivity contribution < 1.29 is 58.2 Å². The molecule has 78 heavy (non-hydrogen) atoms. The SMILES string of the molecule is [Ar].[Pd].c1ccc(P(c2ccccc2)c2ccccc2)cc1.c1ccc(P(c2ccccc2)c2ccccc2)cc1.c1ccc(P(c2ccccc2)c2ccccc2)cc1.c1ccc(P(c2ccccc2)c2ccccc2)cc1. The van der Waals surface area contributed by atoms with E-state index < -0.39 is 31.7 Å². The van der Waals surface area contributed by atoms with Crippen LogP contribution in [0.5, 0.6) is 0 Å². The molecule has 12 aromatic rings. The molecule has 0 spiro atoms. The molecule has 0 unspecified atom stereocenters. The summed E-state index contributed by atoms with van der Waals surface area (Å²) in [5.41, 5.74) is 0. The van der Waals surface area contributed by atoms with Crippen molar-refractivity contribution in [1.29, 1.82) is 0 Å². The molecule has 0 aromatic heterocycles. The van der Waals surface area contributed by atoms with Gasteiger partial charge in [0.2, 0.25) is 0 Å². The van der Waals surface area contributed by atoms with Crippen LogP contribution in [0.3, 0.4) is 0 Å². The van der Waals surface area contributed by atoms with Crippen LogP contribution in [-0.4, -0.2) is 0 Å². The van der Waals surface area contributed by atoms with Crippen LogP contribution >= 0.6 is 31.7 Å². The molecular weight excluding hydrogens is 1140 g/mol. The summed E-state index contributed by atoms with van der Waals surface area (Å²) in [5.74, 6) is 0. The van der Waals surface area contributed by atoms with Gasteiger partial charge in [0.15, 0.2) is 0 Å². The molecule has 0 radical (unpaired) electrons. The average molecular weight is 1200 g/mol.